The maximum atomic E-state index is 4.90. The zero-order chi connectivity index (χ0) is 15.9. The zero-order valence-corrected chi connectivity index (χ0v) is 20.1. The van der Waals surface area contributed by atoms with Gasteiger partial charge in [0.2, 0.25) is 0 Å². The van der Waals surface area contributed by atoms with Crippen LogP contribution in [0, 0.1) is 0 Å². The van der Waals surface area contributed by atoms with Crippen molar-refractivity contribution in [1.82, 2.24) is 0 Å². The van der Waals surface area contributed by atoms with Gasteiger partial charge in [0, 0.05) is 14.2 Å². The van der Waals surface area contributed by atoms with Gasteiger partial charge in [0.1, 0.15) is 13.1 Å². The fraction of sp³-hybridized carbons (Fsp3) is 1.00. The first-order valence-electron chi connectivity index (χ1n) is 6.04. The van der Waals surface area contributed by atoms with Crippen LogP contribution in [-0.4, -0.2) is 91.8 Å². The Balaban J connectivity index is -0.0000000634. The molecule has 0 N–H and O–H groups in total. The molecule has 0 aliphatic carbocycles. The number of likely N-dealkylation sites (N-methyl/N-ethyl adjacent to an activating group) is 2. The Bertz CT molecular complexity index is 210. The summed E-state index contributed by atoms with van der Waals surface area (Å²) < 4.78 is 11.8. The Hall–Kier alpha value is 1.67. The molecule has 0 heterocycles. The predicted octanol–water partition coefficient (Wildman–Crippen LogP) is 1.43. The number of hydrogen-bond donors (Lipinski definition) is 0. The molecule has 0 fully saturated rings. The Morgan fingerprint density at radius 1 is 0.714 bits per heavy atom. The van der Waals surface area contributed by atoms with Crippen molar-refractivity contribution in [3.63, 3.8) is 0 Å². The maximum absolute atomic E-state index is 4.90. The van der Waals surface area contributed by atoms with Crippen LogP contribution in [0.1, 0.15) is 0 Å². The average Bonchev–Trinajstić information content (AvgIpc) is 2.23. The molecule has 0 radical (unpaired) electrons. The van der Waals surface area contributed by atoms with E-state index in [-0.39, 0.29) is 41.9 Å². The molecule has 0 saturated heterocycles. The van der Waals surface area contributed by atoms with Crippen LogP contribution in [0.4, 0.5) is 0 Å². The van der Waals surface area contributed by atoms with Crippen molar-refractivity contribution < 1.29 is 33.4 Å². The molecule has 0 aromatic rings. The molecule has 0 rings (SSSR count). The van der Waals surface area contributed by atoms with E-state index in [0.717, 1.165) is 35.3 Å². The minimum atomic E-state index is -0.363. The number of ether oxygens (including phenoxy) is 2. The van der Waals surface area contributed by atoms with E-state index in [9.17, 15) is 0 Å². The van der Waals surface area contributed by atoms with Gasteiger partial charge in [-0.1, -0.05) is 0 Å². The molecule has 0 aromatic carbocycles. The molecule has 0 saturated carbocycles. The normalized spacial score (nSPS) is 9.71. The van der Waals surface area contributed by atoms with Gasteiger partial charge in [0.25, 0.3) is 0 Å². The summed E-state index contributed by atoms with van der Waals surface area (Å²) in [6, 6.07) is 0. The molecule has 0 aliphatic heterocycles. The van der Waals surface area contributed by atoms with Crippen LogP contribution in [0.15, 0.2) is 0 Å². The molecular formula is C12H34MoN2O2S4. The van der Waals surface area contributed by atoms with E-state index in [1.54, 1.807) is 14.2 Å². The SMILES string of the molecule is COCC[N+](C)(C)C.COCC[N+](C)(C)C.[SH-].[SH-].[S]=[Mo]=[S]. The van der Waals surface area contributed by atoms with E-state index in [2.05, 4.69) is 61.9 Å². The second-order valence-electron chi connectivity index (χ2n) is 6.08. The monoisotopic (exact) mass is 464 g/mol. The standard InChI is InChI=1S/2C6H16NO.Mo.2H2S.2S/c2*1-7(2,3)5-6-8-4;;;;;/h2*5-6H2,1-4H3;;2*1H2;;/q2*+1;;;;;/p-2. The van der Waals surface area contributed by atoms with Crippen LogP contribution in [0.3, 0.4) is 0 Å². The van der Waals surface area contributed by atoms with Gasteiger partial charge in [-0.25, -0.2) is 0 Å². The Morgan fingerprint density at radius 2 is 0.905 bits per heavy atom. The van der Waals surface area contributed by atoms with Crippen LogP contribution in [0.5, 0.6) is 0 Å². The van der Waals surface area contributed by atoms with Crippen LogP contribution >= 0.6 is 19.6 Å². The summed E-state index contributed by atoms with van der Waals surface area (Å²) in [6.07, 6.45) is 0. The average molecular weight is 463 g/mol. The summed E-state index contributed by atoms with van der Waals surface area (Å²) in [6.45, 7) is 3.86. The molecular weight excluding hydrogens is 428 g/mol. The van der Waals surface area contributed by atoms with Crippen molar-refractivity contribution in [2.24, 2.45) is 0 Å². The predicted molar refractivity (Wildman–Crippen MR) is 102 cm³/mol. The second-order valence-corrected chi connectivity index (χ2v) is 9.64. The molecule has 134 valence electrons. The number of thiol groups is 2. The summed E-state index contributed by atoms with van der Waals surface area (Å²) >= 11 is -0.363. The number of rotatable bonds is 6. The number of quaternary nitrogens is 2. The number of hydrogen-bond acceptors (Lipinski definition) is 6. The number of nitrogens with zero attached hydrogens (tertiary/aromatic N) is 2. The third-order valence-electron chi connectivity index (χ3n) is 1.93. The first-order chi connectivity index (χ1) is 8.54. The van der Waals surface area contributed by atoms with Gasteiger partial charge >= 0.3 is 34.6 Å². The second kappa shape index (κ2) is 21.7. The quantitative estimate of drug-likeness (QED) is 0.256. The van der Waals surface area contributed by atoms with E-state index in [0.29, 0.717) is 0 Å². The molecule has 0 unspecified atom stereocenters. The molecule has 21 heavy (non-hydrogen) atoms. The Morgan fingerprint density at radius 3 is 0.952 bits per heavy atom. The van der Waals surface area contributed by atoms with Crippen molar-refractivity contribution in [2.75, 3.05) is 82.8 Å². The van der Waals surface area contributed by atoms with Crippen molar-refractivity contribution in [3.05, 3.63) is 0 Å². The fourth-order valence-corrected chi connectivity index (χ4v) is 0.730. The van der Waals surface area contributed by atoms with Crippen molar-refractivity contribution >= 4 is 46.6 Å². The number of methoxy groups -OCH3 is 2. The van der Waals surface area contributed by atoms with Gasteiger partial charge in [0.05, 0.1) is 55.5 Å². The van der Waals surface area contributed by atoms with Crippen molar-refractivity contribution in [1.29, 1.82) is 0 Å². The van der Waals surface area contributed by atoms with Crippen molar-refractivity contribution in [2.45, 2.75) is 0 Å². The molecule has 0 aliphatic rings. The summed E-state index contributed by atoms with van der Waals surface area (Å²) in [5.74, 6) is 0. The Labute approximate surface area is 162 Å². The van der Waals surface area contributed by atoms with Gasteiger partial charge in [-0.3, -0.25) is 0 Å². The van der Waals surface area contributed by atoms with E-state index in [4.69, 9.17) is 9.47 Å². The van der Waals surface area contributed by atoms with Gasteiger partial charge in [-0.05, 0) is 0 Å². The minimum absolute atomic E-state index is 0. The summed E-state index contributed by atoms with van der Waals surface area (Å²) in [7, 11) is 25.1. The summed E-state index contributed by atoms with van der Waals surface area (Å²) in [4.78, 5) is 0. The van der Waals surface area contributed by atoms with Crippen LogP contribution in [0.2, 0.25) is 0 Å². The first-order valence-corrected chi connectivity index (χ1v) is 11.6. The van der Waals surface area contributed by atoms with Crippen LogP contribution in [0.25, 0.3) is 0 Å². The molecule has 9 heteroatoms. The van der Waals surface area contributed by atoms with Gasteiger partial charge in [-0.2, -0.15) is 0 Å². The van der Waals surface area contributed by atoms with Crippen molar-refractivity contribution in [3.8, 4) is 0 Å². The first kappa shape index (κ1) is 34.1. The van der Waals surface area contributed by atoms with E-state index >= 15 is 0 Å². The molecule has 0 amide bonds. The molecule has 0 spiro atoms. The van der Waals surface area contributed by atoms with Crippen LogP contribution in [-0.2, 0) is 51.4 Å². The molecule has 0 aromatic heterocycles. The molecule has 0 atom stereocenters. The fourth-order valence-electron chi connectivity index (χ4n) is 0.730. The van der Waals surface area contributed by atoms with E-state index < -0.39 is 0 Å². The third kappa shape index (κ3) is 61.6. The van der Waals surface area contributed by atoms with E-state index in [1.165, 1.54) is 0 Å². The van der Waals surface area contributed by atoms with Gasteiger partial charge in [0.15, 0.2) is 0 Å². The summed E-state index contributed by atoms with van der Waals surface area (Å²) in [5.41, 5.74) is 0. The topological polar surface area (TPSA) is 18.5 Å². The summed E-state index contributed by atoms with van der Waals surface area (Å²) in [5, 5.41) is 0. The Kier molecular flexibility index (Phi) is 35.2. The van der Waals surface area contributed by atoms with Gasteiger partial charge < -0.3 is 45.4 Å². The van der Waals surface area contributed by atoms with E-state index in [1.807, 2.05) is 0 Å². The van der Waals surface area contributed by atoms with Gasteiger partial charge in [-0.15, -0.1) is 0 Å². The zero-order valence-electron chi connectivity index (χ0n) is 14.7. The molecule has 4 nitrogen and oxygen atoms in total. The van der Waals surface area contributed by atoms with Crippen LogP contribution < -0.4 is 0 Å². The third-order valence-corrected chi connectivity index (χ3v) is 1.93. The molecule has 0 bridgehead atoms.